The van der Waals surface area contributed by atoms with E-state index in [0.29, 0.717) is 31.6 Å². The lowest BCUT2D eigenvalue weighted by atomic mass is 9.87. The fourth-order valence-corrected chi connectivity index (χ4v) is 6.38. The van der Waals surface area contributed by atoms with Gasteiger partial charge in [0, 0.05) is 55.1 Å². The van der Waals surface area contributed by atoms with Gasteiger partial charge in [0.1, 0.15) is 35.6 Å². The van der Waals surface area contributed by atoms with E-state index in [1.165, 1.54) is 18.5 Å². The van der Waals surface area contributed by atoms with Gasteiger partial charge >= 0.3 is 0 Å². The third-order valence-corrected chi connectivity index (χ3v) is 8.81. The number of carbonyl (C=O) groups is 1. The van der Waals surface area contributed by atoms with Crippen LogP contribution in [0.4, 0.5) is 14.5 Å². The van der Waals surface area contributed by atoms with Crippen molar-refractivity contribution in [1.29, 1.82) is 0 Å². The Labute approximate surface area is 254 Å². The Morgan fingerprint density at radius 2 is 1.95 bits per heavy atom. The molecule has 0 spiro atoms. The first-order valence-corrected chi connectivity index (χ1v) is 14.9. The molecule has 0 N–H and O–H groups in total. The Morgan fingerprint density at radius 3 is 2.63 bits per heavy atom. The van der Waals surface area contributed by atoms with Crippen molar-refractivity contribution in [2.75, 3.05) is 44.3 Å². The molecule has 0 bridgehead atoms. The maximum atomic E-state index is 14.9. The van der Waals surface area contributed by atoms with E-state index in [9.17, 15) is 13.6 Å². The normalized spacial score (nSPS) is 23.9. The Kier molecular flexibility index (Phi) is 8.50. The number of aryl methyl sites for hydroxylation is 1. The van der Waals surface area contributed by atoms with E-state index in [1.54, 1.807) is 11.0 Å². The van der Waals surface area contributed by atoms with Crippen LogP contribution in [-0.2, 0) is 21.7 Å². The standard InChI is InChI=1S/C32H34ClF2N5O3/c1-22-14-27(39-12-10-38(11-13-39)26-5-2-24(3-6-26)31(33)41)7-9-30(22)42-17-23-16-32(43-18-23,19-40-21-36-20-37-40)28-8-4-25(34)15-29(28)35/h2,4-9,14-15,20-21,23-24H,3,10-13,16-19H2,1H3/t23-,24?,32+/m1/s1. The summed E-state index contributed by atoms with van der Waals surface area (Å²) >= 11 is 5.64. The van der Waals surface area contributed by atoms with Crippen LogP contribution in [0, 0.1) is 30.4 Å². The average molecular weight is 610 g/mol. The first-order chi connectivity index (χ1) is 20.8. The van der Waals surface area contributed by atoms with Crippen LogP contribution in [0.3, 0.4) is 0 Å². The van der Waals surface area contributed by atoms with Crippen LogP contribution in [-0.4, -0.2) is 64.3 Å². The first kappa shape index (κ1) is 29.3. The van der Waals surface area contributed by atoms with E-state index in [2.05, 4.69) is 38.1 Å². The van der Waals surface area contributed by atoms with E-state index in [0.717, 1.165) is 54.9 Å². The highest BCUT2D eigenvalue weighted by Gasteiger charge is 2.44. The quantitative estimate of drug-likeness (QED) is 0.308. The van der Waals surface area contributed by atoms with E-state index in [1.807, 2.05) is 25.1 Å². The number of ether oxygens (including phenoxy) is 2. The van der Waals surface area contributed by atoms with Gasteiger partial charge in [-0.05, 0) is 67.3 Å². The predicted octanol–water partition coefficient (Wildman–Crippen LogP) is 5.22. The van der Waals surface area contributed by atoms with Gasteiger partial charge in [-0.1, -0.05) is 18.2 Å². The molecule has 0 saturated carbocycles. The molecule has 1 aromatic heterocycles. The molecular formula is C32H34ClF2N5O3. The molecule has 8 nitrogen and oxygen atoms in total. The lowest BCUT2D eigenvalue weighted by Crippen LogP contribution is -2.45. The van der Waals surface area contributed by atoms with Crippen LogP contribution in [0.15, 0.2) is 73.0 Å². The van der Waals surface area contributed by atoms with Crippen molar-refractivity contribution >= 4 is 22.5 Å². The van der Waals surface area contributed by atoms with Gasteiger partial charge in [0.25, 0.3) is 0 Å². The van der Waals surface area contributed by atoms with E-state index < -0.39 is 17.2 Å². The molecule has 226 valence electrons. The van der Waals surface area contributed by atoms with Crippen molar-refractivity contribution in [3.63, 3.8) is 0 Å². The van der Waals surface area contributed by atoms with E-state index in [-0.39, 0.29) is 23.6 Å². The highest BCUT2D eigenvalue weighted by molar-refractivity contribution is 6.64. The summed E-state index contributed by atoms with van der Waals surface area (Å²) in [6.45, 7) is 6.62. The Hall–Kier alpha value is -3.76. The van der Waals surface area contributed by atoms with Crippen LogP contribution in [0.2, 0.25) is 0 Å². The minimum absolute atomic E-state index is 0.00102. The van der Waals surface area contributed by atoms with Crippen LogP contribution in [0.1, 0.15) is 24.0 Å². The fourth-order valence-electron chi connectivity index (χ4n) is 6.22. The maximum Gasteiger partial charge on any atom is 0.228 e. The first-order valence-electron chi connectivity index (χ1n) is 14.5. The number of rotatable bonds is 9. The van der Waals surface area contributed by atoms with Crippen LogP contribution >= 0.6 is 11.6 Å². The van der Waals surface area contributed by atoms with Gasteiger partial charge in [-0.25, -0.2) is 18.4 Å². The number of benzene rings is 2. The largest absolute Gasteiger partial charge is 0.493 e. The molecule has 43 heavy (non-hydrogen) atoms. The Morgan fingerprint density at radius 1 is 1.14 bits per heavy atom. The van der Waals surface area contributed by atoms with Crippen molar-refractivity contribution in [1.82, 2.24) is 19.7 Å². The number of halogens is 3. The second-order valence-corrected chi connectivity index (χ2v) is 11.8. The zero-order valence-electron chi connectivity index (χ0n) is 24.0. The molecule has 3 heterocycles. The summed E-state index contributed by atoms with van der Waals surface area (Å²) in [6.07, 6.45) is 10.1. The second-order valence-electron chi connectivity index (χ2n) is 11.5. The van der Waals surface area contributed by atoms with E-state index >= 15 is 0 Å². The average Bonchev–Trinajstić information content (AvgIpc) is 3.67. The number of aromatic nitrogens is 3. The number of anilines is 1. The molecule has 3 atom stereocenters. The highest BCUT2D eigenvalue weighted by atomic mass is 35.5. The molecule has 3 aromatic rings. The molecule has 6 rings (SSSR count). The minimum atomic E-state index is -1.01. The number of hydrogen-bond acceptors (Lipinski definition) is 7. The number of allylic oxidation sites excluding steroid dienone is 3. The fraction of sp³-hybridized carbons (Fsp3) is 0.406. The molecule has 3 aliphatic rings. The van der Waals surface area contributed by atoms with Gasteiger partial charge in [0.15, 0.2) is 0 Å². The number of carbonyl (C=O) groups excluding carboxylic acids is 1. The summed E-state index contributed by atoms with van der Waals surface area (Å²) in [5.74, 6) is -0.700. The molecule has 0 amide bonds. The summed E-state index contributed by atoms with van der Waals surface area (Å²) in [5.41, 5.74) is 2.63. The number of piperazine rings is 1. The van der Waals surface area contributed by atoms with Gasteiger partial charge < -0.3 is 19.3 Å². The summed E-state index contributed by atoms with van der Waals surface area (Å²) < 4.78 is 42.7. The summed E-state index contributed by atoms with van der Waals surface area (Å²) in [4.78, 5) is 20.1. The molecule has 1 unspecified atom stereocenters. The number of hydrogen-bond donors (Lipinski definition) is 0. The third-order valence-electron chi connectivity index (χ3n) is 8.53. The van der Waals surface area contributed by atoms with Gasteiger partial charge in [-0.3, -0.25) is 4.79 Å². The highest BCUT2D eigenvalue weighted by Crippen LogP contribution is 2.42. The molecular weight excluding hydrogens is 576 g/mol. The third kappa shape index (κ3) is 6.45. The van der Waals surface area contributed by atoms with Gasteiger partial charge in [-0.15, -0.1) is 0 Å². The van der Waals surface area contributed by atoms with Crippen LogP contribution in [0.25, 0.3) is 0 Å². The smallest absolute Gasteiger partial charge is 0.228 e. The maximum absolute atomic E-state index is 14.9. The zero-order chi connectivity index (χ0) is 30.0. The Balaban J connectivity index is 1.06. The van der Waals surface area contributed by atoms with Crippen molar-refractivity contribution in [3.05, 3.63) is 95.7 Å². The summed E-state index contributed by atoms with van der Waals surface area (Å²) in [7, 11) is 0. The van der Waals surface area contributed by atoms with Crippen molar-refractivity contribution in [3.8, 4) is 5.75 Å². The van der Waals surface area contributed by atoms with Crippen molar-refractivity contribution in [2.45, 2.75) is 31.9 Å². The molecule has 1 aliphatic carbocycles. The van der Waals surface area contributed by atoms with Gasteiger partial charge in [0.05, 0.1) is 25.7 Å². The minimum Gasteiger partial charge on any atom is -0.493 e. The molecule has 2 aliphatic heterocycles. The van der Waals surface area contributed by atoms with E-state index in [4.69, 9.17) is 21.1 Å². The summed E-state index contributed by atoms with van der Waals surface area (Å²) in [5, 5.41) is 3.87. The SMILES string of the molecule is Cc1cc(N2CCN(C3=CCC(C(=O)Cl)C=C3)CC2)ccc1OC[C@@H]1CO[C@@](Cn2cncn2)(c2ccc(F)cc2F)C1. The van der Waals surface area contributed by atoms with Crippen molar-refractivity contribution in [2.24, 2.45) is 11.8 Å². The van der Waals surface area contributed by atoms with Gasteiger partial charge in [-0.2, -0.15) is 5.10 Å². The summed E-state index contributed by atoms with van der Waals surface area (Å²) in [6, 6.07) is 9.84. The van der Waals surface area contributed by atoms with Crippen LogP contribution < -0.4 is 9.64 Å². The van der Waals surface area contributed by atoms with Crippen LogP contribution in [0.5, 0.6) is 5.75 Å². The lowest BCUT2D eigenvalue weighted by Gasteiger charge is -2.38. The Bertz CT molecular complexity index is 1520. The topological polar surface area (TPSA) is 72.7 Å². The van der Waals surface area contributed by atoms with Crippen molar-refractivity contribution < 1.29 is 23.0 Å². The number of nitrogens with zero attached hydrogens (tertiary/aromatic N) is 5. The monoisotopic (exact) mass is 609 g/mol. The molecule has 2 fully saturated rings. The lowest BCUT2D eigenvalue weighted by molar-refractivity contribution is -0.113. The second kappa shape index (κ2) is 12.5. The predicted molar refractivity (Wildman–Crippen MR) is 159 cm³/mol. The molecule has 2 aromatic carbocycles. The zero-order valence-corrected chi connectivity index (χ0v) is 24.7. The molecule has 0 radical (unpaired) electrons. The molecule has 11 heteroatoms. The van der Waals surface area contributed by atoms with Gasteiger partial charge in [0.2, 0.25) is 5.24 Å². The molecule has 2 saturated heterocycles.